The van der Waals surface area contributed by atoms with E-state index in [1.54, 1.807) is 41.7 Å². The van der Waals surface area contributed by atoms with Gasteiger partial charge in [0.1, 0.15) is 43.1 Å². The van der Waals surface area contributed by atoms with Crippen molar-refractivity contribution in [3.05, 3.63) is 198 Å². The van der Waals surface area contributed by atoms with Crippen molar-refractivity contribution >= 4 is 86.8 Å². The zero-order valence-corrected chi connectivity index (χ0v) is 52.7. The van der Waals surface area contributed by atoms with Gasteiger partial charge in [0, 0.05) is 55.4 Å². The molecule has 428 valence electrons. The molecule has 5 aromatic carbocycles. The lowest BCUT2D eigenvalue weighted by atomic mass is 10.0. The predicted octanol–water partition coefficient (Wildman–Crippen LogP) is 11.0. The molecular formula is C64H75FN8O5S2Si2. The third kappa shape index (κ3) is 11.6. The smallest absolute Gasteiger partial charge is 0.355 e. The van der Waals surface area contributed by atoms with E-state index in [9.17, 15) is 19.2 Å². The summed E-state index contributed by atoms with van der Waals surface area (Å²) in [5.41, 5.74) is 1.85. The molecule has 2 aliphatic rings. The second kappa shape index (κ2) is 23.9. The van der Waals surface area contributed by atoms with Crippen LogP contribution in [-0.4, -0.2) is 65.1 Å². The number of rotatable bonds is 11. The van der Waals surface area contributed by atoms with Crippen molar-refractivity contribution in [2.24, 2.45) is 34.0 Å². The van der Waals surface area contributed by atoms with Gasteiger partial charge in [-0.05, 0) is 60.9 Å². The van der Waals surface area contributed by atoms with E-state index >= 15 is 8.42 Å². The molecule has 4 heterocycles. The highest BCUT2D eigenvalue weighted by molar-refractivity contribution is 7.93. The van der Waals surface area contributed by atoms with Crippen molar-refractivity contribution in [3.63, 3.8) is 0 Å². The van der Waals surface area contributed by atoms with E-state index in [-0.39, 0.29) is 45.9 Å². The van der Waals surface area contributed by atoms with Gasteiger partial charge in [0.25, 0.3) is 22.4 Å². The molecule has 0 saturated heterocycles. The second-order valence-electron chi connectivity index (χ2n) is 23.6. The fraction of sp³-hybridized carbons (Fsp3) is 0.297. The highest BCUT2D eigenvalue weighted by Crippen LogP contribution is 2.42. The number of halogens is 1. The van der Waals surface area contributed by atoms with Gasteiger partial charge in [-0.25, -0.2) is 35.1 Å². The van der Waals surface area contributed by atoms with Gasteiger partial charge in [0.15, 0.2) is 0 Å². The summed E-state index contributed by atoms with van der Waals surface area (Å²) in [6, 6.07) is 45.9. The van der Waals surface area contributed by atoms with Gasteiger partial charge in [0.05, 0.1) is 22.5 Å². The number of hydrogen-bond acceptors (Lipinski definition) is 8. The molecule has 2 aliphatic heterocycles. The summed E-state index contributed by atoms with van der Waals surface area (Å²) in [4.78, 5) is 27.5. The van der Waals surface area contributed by atoms with Crippen LogP contribution in [0, 0.1) is 29.0 Å². The number of methoxy groups -OCH3 is 1. The standard InChI is InChI=1S/C35H38FN5O2SSi.C29H37N3O3SSi/c1-24(2)31-20-18-29-32(23-41(6)33(29)34(42)38-26-17-19-30(36)25(21-26)22-37)44(43,39-31)40-45(35(3,4)5,27-13-9-7-10-14-27)28-15-11-8-12-16-28;1-21(2)25-19-18-24-26(20-32(6)27(24)28(33)35-7)36(34,30-25)31-37(29(3,4)5,22-14-10-8-11-15-22)23-16-12-9-13-17-23/h7-21,23-24,31H,1-6H3,(H,38,42)(H,39,40,43);8-21,25H,1-7H3,(H,30,31,34)/t31-,44?;25-,36?/m11/s1. The second-order valence-corrected chi connectivity index (χ2v) is 36.7. The summed E-state index contributed by atoms with van der Waals surface area (Å²) >= 11 is 0. The molecule has 13 nitrogen and oxygen atoms in total. The summed E-state index contributed by atoms with van der Waals surface area (Å²) in [6.07, 6.45) is 11.2. The molecule has 0 aliphatic carbocycles. The average Bonchev–Trinajstić information content (AvgIpc) is 2.84. The highest BCUT2D eigenvalue weighted by atomic mass is 32.2. The van der Waals surface area contributed by atoms with Crippen LogP contribution in [0.15, 0.2) is 182 Å². The van der Waals surface area contributed by atoms with Crippen LogP contribution in [0.3, 0.4) is 0 Å². The molecular weight excluding hydrogens is 1100 g/mol. The number of benzene rings is 5. The number of hydrogen-bond donors (Lipinski definition) is 3. The first kappa shape index (κ1) is 60.8. The number of anilines is 1. The van der Waals surface area contributed by atoms with E-state index in [2.05, 4.69) is 133 Å². The minimum Gasteiger partial charge on any atom is -0.464 e. The Morgan fingerprint density at radius 1 is 0.634 bits per heavy atom. The van der Waals surface area contributed by atoms with Gasteiger partial charge in [-0.2, -0.15) is 5.26 Å². The van der Waals surface area contributed by atoms with Gasteiger partial charge < -0.3 is 19.2 Å². The number of nitrogens with one attached hydrogen (secondary N) is 3. The molecule has 7 aromatic rings. The van der Waals surface area contributed by atoms with Gasteiger partial charge >= 0.3 is 5.97 Å². The van der Waals surface area contributed by atoms with E-state index in [0.29, 0.717) is 26.6 Å². The van der Waals surface area contributed by atoms with Gasteiger partial charge in [0.2, 0.25) is 0 Å². The number of amides is 1. The Balaban J connectivity index is 0.000000219. The van der Waals surface area contributed by atoms with Crippen LogP contribution in [0.25, 0.3) is 12.2 Å². The fourth-order valence-electron chi connectivity index (χ4n) is 11.0. The summed E-state index contributed by atoms with van der Waals surface area (Å²) in [5, 5.41) is 15.6. The molecule has 0 spiro atoms. The maximum absolute atomic E-state index is 15.7. The van der Waals surface area contributed by atoms with Crippen LogP contribution >= 0.6 is 0 Å². The Kier molecular flexibility index (Phi) is 17.7. The number of carbonyl (C=O) groups is 2. The molecule has 2 aromatic heterocycles. The van der Waals surface area contributed by atoms with Crippen LogP contribution in [0.1, 0.15) is 107 Å². The van der Waals surface area contributed by atoms with Crippen molar-refractivity contribution < 1.29 is 27.1 Å². The van der Waals surface area contributed by atoms with E-state index < -0.39 is 59.0 Å². The number of fused-ring (bicyclic) bond motifs is 2. The lowest BCUT2D eigenvalue weighted by Crippen LogP contribution is -2.64. The molecule has 0 fully saturated rings. The van der Waals surface area contributed by atoms with Crippen molar-refractivity contribution in [1.82, 2.24) is 18.6 Å². The SMILES string of the molecule is CC(C)[C@H]1C=Cc2c(cn(C)c2C(=O)Nc2ccc(F)c(C#N)c2)S(=O)(=N[Si](c2ccccc2)(c2ccccc2)C(C)(C)C)N1.COC(=O)c1c2c(cn1C)S(=O)(=N[Si](c1ccccc1)(c1ccccc1)C(C)(C)C)N[C@@H](C(C)C)C=C2. The minimum atomic E-state index is -3.36. The maximum atomic E-state index is 15.7. The molecule has 82 heavy (non-hydrogen) atoms. The highest BCUT2D eigenvalue weighted by Gasteiger charge is 2.52. The maximum Gasteiger partial charge on any atom is 0.355 e. The van der Waals surface area contributed by atoms with Crippen LogP contribution < -0.4 is 35.5 Å². The molecule has 9 rings (SSSR count). The first-order chi connectivity index (χ1) is 38.7. The van der Waals surface area contributed by atoms with Gasteiger partial charge in [-0.15, -0.1) is 0 Å². The monoisotopic (exact) mass is 1170 g/mol. The number of ether oxygens (including phenoxy) is 1. The molecule has 2 unspecified atom stereocenters. The minimum absolute atomic E-state index is 0.0788. The Labute approximate surface area is 486 Å². The van der Waals surface area contributed by atoms with Crippen LogP contribution in [-0.2, 0) is 38.7 Å². The van der Waals surface area contributed by atoms with Gasteiger partial charge in [-0.3, -0.25) is 4.79 Å². The molecule has 18 heteroatoms. The van der Waals surface area contributed by atoms with E-state index in [4.69, 9.17) is 12.8 Å². The number of aryl methyl sites for hydroxylation is 2. The third-order valence-corrected chi connectivity index (χ3v) is 31.6. The average molecular weight is 1180 g/mol. The third-order valence-electron chi connectivity index (χ3n) is 15.3. The number of carbonyl (C=O) groups excluding carboxylic acids is 2. The van der Waals surface area contributed by atoms with Crippen LogP contribution in [0.5, 0.6) is 0 Å². The lowest BCUT2D eigenvalue weighted by molar-refractivity contribution is 0.0589. The molecule has 0 bridgehead atoms. The summed E-state index contributed by atoms with van der Waals surface area (Å²) in [6.45, 7) is 21.3. The number of nitrogens with zero attached hydrogens (tertiary/aromatic N) is 5. The Hall–Kier alpha value is -7.25. The number of nitriles is 1. The van der Waals surface area contributed by atoms with Crippen molar-refractivity contribution in [2.75, 3.05) is 12.4 Å². The molecule has 0 saturated carbocycles. The molecule has 1 amide bonds. The number of esters is 1. The Bertz CT molecular complexity index is 3780. The zero-order valence-electron chi connectivity index (χ0n) is 49.0. The fourth-order valence-corrected chi connectivity index (χ4v) is 29.2. The Morgan fingerprint density at radius 2 is 1.00 bits per heavy atom. The summed E-state index contributed by atoms with van der Waals surface area (Å²) < 4.78 is 71.5. The normalized spacial score (nSPS) is 18.9. The largest absolute Gasteiger partial charge is 0.464 e. The number of aromatic nitrogens is 2. The molecule has 3 N–H and O–H groups in total. The Morgan fingerprint density at radius 3 is 1.34 bits per heavy atom. The first-order valence-corrected chi connectivity index (χ1v) is 34.4. The van der Waals surface area contributed by atoms with Crippen LogP contribution in [0.2, 0.25) is 10.1 Å². The van der Waals surface area contributed by atoms with E-state index in [0.717, 1.165) is 26.8 Å². The summed E-state index contributed by atoms with van der Waals surface area (Å²) in [5.74, 6) is -1.37. The quantitative estimate of drug-likeness (QED) is 0.0859. The molecule has 0 radical (unpaired) electrons. The zero-order chi connectivity index (χ0) is 59.6. The van der Waals surface area contributed by atoms with Crippen molar-refractivity contribution in [1.29, 1.82) is 5.26 Å². The van der Waals surface area contributed by atoms with E-state index in [1.165, 1.54) is 19.2 Å². The summed E-state index contributed by atoms with van der Waals surface area (Å²) in [7, 11) is -7.98. The topological polar surface area (TPSA) is 172 Å². The lowest BCUT2D eigenvalue weighted by Gasteiger charge is -2.40. The van der Waals surface area contributed by atoms with E-state index in [1.807, 2.05) is 97.1 Å². The van der Waals surface area contributed by atoms with Gasteiger partial charge in [-0.1, -0.05) is 215 Å². The first-order valence-electron chi connectivity index (χ1n) is 27.4. The van der Waals surface area contributed by atoms with Crippen LogP contribution in [0.4, 0.5) is 10.1 Å². The molecule has 4 atom stereocenters. The van der Waals surface area contributed by atoms with Crippen molar-refractivity contribution in [2.45, 2.75) is 101 Å². The predicted molar refractivity (Wildman–Crippen MR) is 336 cm³/mol. The van der Waals surface area contributed by atoms with Crippen molar-refractivity contribution in [3.8, 4) is 6.07 Å².